The molecular formula is C24H37N7O. The number of methoxy groups -OCH3 is 1. The van der Waals surface area contributed by atoms with E-state index in [4.69, 9.17) is 4.74 Å². The molecule has 32 heavy (non-hydrogen) atoms. The molecule has 2 aliphatic rings. The van der Waals surface area contributed by atoms with E-state index in [0.717, 1.165) is 50.1 Å². The first kappa shape index (κ1) is 22.7. The zero-order valence-electron chi connectivity index (χ0n) is 19.5. The third-order valence-corrected chi connectivity index (χ3v) is 6.40. The minimum Gasteiger partial charge on any atom is -0.377 e. The molecule has 174 valence electrons. The third kappa shape index (κ3) is 6.07. The summed E-state index contributed by atoms with van der Waals surface area (Å²) >= 11 is 0. The van der Waals surface area contributed by atoms with Gasteiger partial charge < -0.3 is 15.4 Å². The van der Waals surface area contributed by atoms with E-state index in [1.165, 1.54) is 49.9 Å². The molecule has 0 amide bonds. The second kappa shape index (κ2) is 11.4. The van der Waals surface area contributed by atoms with Crippen molar-refractivity contribution >= 4 is 5.96 Å². The number of nitrogens with one attached hydrogen (secondary N) is 2. The van der Waals surface area contributed by atoms with Crippen LogP contribution in [0.1, 0.15) is 54.9 Å². The van der Waals surface area contributed by atoms with E-state index < -0.39 is 0 Å². The van der Waals surface area contributed by atoms with Gasteiger partial charge in [0.2, 0.25) is 0 Å². The number of benzene rings is 1. The topological polar surface area (TPSA) is 79.6 Å². The van der Waals surface area contributed by atoms with Crippen LogP contribution in [0.4, 0.5) is 0 Å². The molecule has 2 aliphatic heterocycles. The van der Waals surface area contributed by atoms with Gasteiger partial charge in [-0.3, -0.25) is 9.89 Å². The van der Waals surface area contributed by atoms with E-state index in [-0.39, 0.29) is 6.04 Å². The number of aryl methyl sites for hydroxylation is 1. The fourth-order valence-corrected chi connectivity index (χ4v) is 4.66. The van der Waals surface area contributed by atoms with E-state index >= 15 is 0 Å². The predicted molar refractivity (Wildman–Crippen MR) is 126 cm³/mol. The maximum atomic E-state index is 5.17. The molecule has 2 N–H and O–H groups in total. The monoisotopic (exact) mass is 439 g/mol. The molecular weight excluding hydrogens is 402 g/mol. The molecule has 4 rings (SSSR count). The van der Waals surface area contributed by atoms with E-state index in [1.54, 1.807) is 7.11 Å². The molecule has 0 bridgehead atoms. The molecule has 1 unspecified atom stereocenters. The largest absolute Gasteiger partial charge is 0.377 e. The lowest BCUT2D eigenvalue weighted by atomic mass is 10.1. The van der Waals surface area contributed by atoms with Gasteiger partial charge in [-0.15, -0.1) is 0 Å². The first-order valence-corrected chi connectivity index (χ1v) is 11.9. The molecule has 1 aromatic heterocycles. The molecule has 0 aliphatic carbocycles. The van der Waals surface area contributed by atoms with E-state index in [9.17, 15) is 0 Å². The predicted octanol–water partition coefficient (Wildman–Crippen LogP) is 2.48. The summed E-state index contributed by atoms with van der Waals surface area (Å²) in [5, 5.41) is 11.7. The molecule has 0 spiro atoms. The van der Waals surface area contributed by atoms with E-state index in [0.29, 0.717) is 6.61 Å². The van der Waals surface area contributed by atoms with Crippen molar-refractivity contribution in [3.63, 3.8) is 0 Å². The molecule has 1 saturated heterocycles. The lowest BCUT2D eigenvalue weighted by Gasteiger charge is -2.26. The highest BCUT2D eigenvalue weighted by molar-refractivity contribution is 5.80. The van der Waals surface area contributed by atoms with Crippen molar-refractivity contribution in [2.75, 3.05) is 27.2 Å². The average Bonchev–Trinajstić information content (AvgIpc) is 3.02. The first-order chi connectivity index (χ1) is 15.7. The van der Waals surface area contributed by atoms with Crippen LogP contribution in [0.25, 0.3) is 0 Å². The Morgan fingerprint density at radius 3 is 2.69 bits per heavy atom. The highest BCUT2D eigenvalue weighted by Crippen LogP contribution is 2.17. The van der Waals surface area contributed by atoms with Crippen molar-refractivity contribution in [1.29, 1.82) is 0 Å². The van der Waals surface area contributed by atoms with Crippen LogP contribution in [-0.2, 0) is 37.4 Å². The van der Waals surface area contributed by atoms with Gasteiger partial charge in [0, 0.05) is 39.7 Å². The molecule has 1 aromatic carbocycles. The SMILES string of the molecule is CN=C(NCc1ccccc1CN1CCCCCC1)NC1CCc2nc(COC)nn2C1. The third-order valence-electron chi connectivity index (χ3n) is 6.40. The summed E-state index contributed by atoms with van der Waals surface area (Å²) in [4.78, 5) is 11.6. The lowest BCUT2D eigenvalue weighted by molar-refractivity contribution is 0.177. The standard InChI is InChI=1S/C24H37N7O/c1-25-24(27-21-11-12-23-28-22(18-32-2)29-31(23)17-21)26-15-19-9-5-6-10-20(19)16-30-13-7-3-4-8-14-30/h5-6,9-10,21H,3-4,7-8,11-18H2,1-2H3,(H2,25,26,27). The number of fused-ring (bicyclic) bond motifs is 1. The van der Waals surface area contributed by atoms with Crippen molar-refractivity contribution in [2.45, 2.75) is 70.8 Å². The molecule has 1 atom stereocenters. The van der Waals surface area contributed by atoms with Crippen LogP contribution in [-0.4, -0.2) is 58.9 Å². The lowest BCUT2D eigenvalue weighted by Crippen LogP contribution is -2.46. The maximum absolute atomic E-state index is 5.17. The van der Waals surface area contributed by atoms with E-state index in [2.05, 4.69) is 54.9 Å². The Labute approximate surface area is 191 Å². The number of rotatable bonds is 7. The van der Waals surface area contributed by atoms with Crippen LogP contribution in [0.3, 0.4) is 0 Å². The Morgan fingerprint density at radius 1 is 1.16 bits per heavy atom. The number of nitrogens with zero attached hydrogens (tertiary/aromatic N) is 5. The summed E-state index contributed by atoms with van der Waals surface area (Å²) in [6.07, 6.45) is 7.29. The van der Waals surface area contributed by atoms with Crippen molar-refractivity contribution < 1.29 is 4.74 Å². The van der Waals surface area contributed by atoms with Crippen LogP contribution >= 0.6 is 0 Å². The normalized spacial score (nSPS) is 19.9. The minimum absolute atomic E-state index is 0.276. The second-order valence-electron chi connectivity index (χ2n) is 8.82. The van der Waals surface area contributed by atoms with Crippen molar-refractivity contribution in [3.05, 3.63) is 47.0 Å². The number of hydrogen-bond acceptors (Lipinski definition) is 5. The number of hydrogen-bond donors (Lipinski definition) is 2. The molecule has 8 heteroatoms. The van der Waals surface area contributed by atoms with Gasteiger partial charge in [-0.25, -0.2) is 9.67 Å². The van der Waals surface area contributed by atoms with Crippen LogP contribution in [0.2, 0.25) is 0 Å². The number of ether oxygens (including phenoxy) is 1. The number of likely N-dealkylation sites (tertiary alicyclic amines) is 1. The Balaban J connectivity index is 1.32. The number of aromatic nitrogens is 3. The highest BCUT2D eigenvalue weighted by Gasteiger charge is 2.22. The Hall–Kier alpha value is -2.45. The summed E-state index contributed by atoms with van der Waals surface area (Å²) in [6, 6.07) is 9.05. The van der Waals surface area contributed by atoms with Gasteiger partial charge >= 0.3 is 0 Å². The number of aliphatic imine (C=N–C) groups is 1. The van der Waals surface area contributed by atoms with Crippen molar-refractivity contribution in [1.82, 2.24) is 30.3 Å². The molecule has 0 radical (unpaired) electrons. The van der Waals surface area contributed by atoms with Crippen molar-refractivity contribution in [2.24, 2.45) is 4.99 Å². The van der Waals surface area contributed by atoms with Crippen LogP contribution in [0, 0.1) is 0 Å². The van der Waals surface area contributed by atoms with Crippen LogP contribution < -0.4 is 10.6 Å². The number of guanidine groups is 1. The zero-order valence-corrected chi connectivity index (χ0v) is 19.5. The first-order valence-electron chi connectivity index (χ1n) is 11.9. The highest BCUT2D eigenvalue weighted by atomic mass is 16.5. The van der Waals surface area contributed by atoms with Gasteiger partial charge in [-0.1, -0.05) is 37.1 Å². The smallest absolute Gasteiger partial charge is 0.191 e. The molecule has 2 aromatic rings. The van der Waals surface area contributed by atoms with Gasteiger partial charge in [0.05, 0.1) is 6.54 Å². The van der Waals surface area contributed by atoms with Gasteiger partial charge in [0.15, 0.2) is 11.8 Å². The average molecular weight is 440 g/mol. The molecule has 1 fully saturated rings. The fraction of sp³-hybridized carbons (Fsp3) is 0.625. The van der Waals surface area contributed by atoms with Gasteiger partial charge in [-0.2, -0.15) is 5.10 Å². The van der Waals surface area contributed by atoms with Gasteiger partial charge in [-0.05, 0) is 43.5 Å². The summed E-state index contributed by atoms with van der Waals surface area (Å²) in [7, 11) is 3.50. The Bertz CT molecular complexity index is 886. The second-order valence-corrected chi connectivity index (χ2v) is 8.82. The van der Waals surface area contributed by atoms with Gasteiger partial charge in [0.25, 0.3) is 0 Å². The molecule has 0 saturated carbocycles. The zero-order chi connectivity index (χ0) is 22.2. The Kier molecular flexibility index (Phi) is 8.12. The molecule has 3 heterocycles. The summed E-state index contributed by atoms with van der Waals surface area (Å²) in [5.74, 6) is 2.63. The summed E-state index contributed by atoms with van der Waals surface area (Å²) in [6.45, 7) is 5.47. The fourth-order valence-electron chi connectivity index (χ4n) is 4.66. The van der Waals surface area contributed by atoms with Gasteiger partial charge in [0.1, 0.15) is 12.4 Å². The molecule has 8 nitrogen and oxygen atoms in total. The van der Waals surface area contributed by atoms with Crippen LogP contribution in [0.15, 0.2) is 29.3 Å². The Morgan fingerprint density at radius 2 is 1.94 bits per heavy atom. The minimum atomic E-state index is 0.276. The summed E-state index contributed by atoms with van der Waals surface area (Å²) < 4.78 is 7.17. The quantitative estimate of drug-likeness (QED) is 0.510. The van der Waals surface area contributed by atoms with E-state index in [1.807, 2.05) is 11.7 Å². The van der Waals surface area contributed by atoms with Crippen LogP contribution in [0.5, 0.6) is 0 Å². The summed E-state index contributed by atoms with van der Waals surface area (Å²) in [5.41, 5.74) is 2.75. The van der Waals surface area contributed by atoms with Crippen molar-refractivity contribution in [3.8, 4) is 0 Å². The maximum Gasteiger partial charge on any atom is 0.191 e.